The van der Waals surface area contributed by atoms with Crippen molar-refractivity contribution in [1.82, 2.24) is 4.90 Å². The van der Waals surface area contributed by atoms with Gasteiger partial charge in [-0.05, 0) is 12.8 Å². The van der Waals surface area contributed by atoms with Gasteiger partial charge in [0.1, 0.15) is 6.17 Å². The summed E-state index contributed by atoms with van der Waals surface area (Å²) in [7, 11) is 1.54. The molecule has 4 heteroatoms. The summed E-state index contributed by atoms with van der Waals surface area (Å²) < 4.78 is 23.6. The van der Waals surface area contributed by atoms with Crippen molar-refractivity contribution in [2.75, 3.05) is 33.5 Å². The number of hydrogen-bond acceptors (Lipinski definition) is 3. The zero-order chi connectivity index (χ0) is 9.97. The number of methoxy groups -OCH3 is 1. The summed E-state index contributed by atoms with van der Waals surface area (Å²) in [5, 5.41) is 0. The van der Waals surface area contributed by atoms with E-state index in [2.05, 4.69) is 4.90 Å². The van der Waals surface area contributed by atoms with Crippen LogP contribution in [0, 0.1) is 0 Å². The second-order valence-corrected chi connectivity index (χ2v) is 4.17. The fourth-order valence-electron chi connectivity index (χ4n) is 2.47. The van der Waals surface area contributed by atoms with E-state index in [4.69, 9.17) is 9.47 Å². The lowest BCUT2D eigenvalue weighted by atomic mass is 10.2. The van der Waals surface area contributed by atoms with Crippen LogP contribution in [0.15, 0.2) is 0 Å². The summed E-state index contributed by atoms with van der Waals surface area (Å²) in [4.78, 5) is 2.26. The molecule has 14 heavy (non-hydrogen) atoms. The maximum atomic E-state index is 13.4. The lowest BCUT2D eigenvalue weighted by molar-refractivity contribution is -0.0304. The summed E-state index contributed by atoms with van der Waals surface area (Å²) in [6.45, 7) is 2.26. The van der Waals surface area contributed by atoms with Gasteiger partial charge in [0.05, 0.1) is 19.8 Å². The minimum absolute atomic E-state index is 0.205. The second kappa shape index (κ2) is 4.55. The first kappa shape index (κ1) is 10.3. The van der Waals surface area contributed by atoms with Crippen molar-refractivity contribution in [2.45, 2.75) is 31.1 Å². The van der Waals surface area contributed by atoms with Crippen LogP contribution in [0.3, 0.4) is 0 Å². The van der Waals surface area contributed by atoms with E-state index >= 15 is 0 Å². The molecule has 2 bridgehead atoms. The Morgan fingerprint density at radius 3 is 2.64 bits per heavy atom. The molecule has 0 spiro atoms. The Labute approximate surface area is 84.2 Å². The molecule has 2 saturated heterocycles. The molecule has 0 aromatic carbocycles. The summed E-state index contributed by atoms with van der Waals surface area (Å²) in [6.07, 6.45) is 1.45. The van der Waals surface area contributed by atoms with E-state index in [1.165, 1.54) is 0 Å². The number of rotatable bonds is 4. The Bertz CT molecular complexity index is 175. The van der Waals surface area contributed by atoms with Gasteiger partial charge in [0.15, 0.2) is 0 Å². The van der Waals surface area contributed by atoms with E-state index < -0.39 is 6.17 Å². The number of hydrogen-bond donors (Lipinski definition) is 0. The third-order valence-electron chi connectivity index (χ3n) is 3.15. The molecule has 0 N–H and O–H groups in total. The smallest absolute Gasteiger partial charge is 0.136 e. The maximum Gasteiger partial charge on any atom is 0.136 e. The van der Waals surface area contributed by atoms with Gasteiger partial charge < -0.3 is 9.47 Å². The fraction of sp³-hybridized carbons (Fsp3) is 1.00. The summed E-state index contributed by atoms with van der Waals surface area (Å²) in [6, 6.07) is 0.896. The first-order chi connectivity index (χ1) is 6.81. The molecule has 3 nitrogen and oxygen atoms in total. The molecule has 0 radical (unpaired) electrons. The van der Waals surface area contributed by atoms with E-state index in [1.54, 1.807) is 7.11 Å². The molecule has 3 atom stereocenters. The Hall–Kier alpha value is -0.190. The normalized spacial score (nSPS) is 34.7. The largest absolute Gasteiger partial charge is 0.382 e. The first-order valence-corrected chi connectivity index (χ1v) is 5.27. The van der Waals surface area contributed by atoms with E-state index in [0.29, 0.717) is 18.6 Å². The van der Waals surface area contributed by atoms with E-state index in [1.807, 2.05) is 0 Å². The number of morpholine rings is 1. The van der Waals surface area contributed by atoms with Gasteiger partial charge in [-0.25, -0.2) is 4.39 Å². The van der Waals surface area contributed by atoms with Crippen molar-refractivity contribution in [3.8, 4) is 0 Å². The number of nitrogens with zero attached hydrogens (tertiary/aromatic N) is 1. The molecule has 0 saturated carbocycles. The second-order valence-electron chi connectivity index (χ2n) is 4.17. The number of alkyl halides is 1. The van der Waals surface area contributed by atoms with Crippen LogP contribution in [-0.4, -0.2) is 56.6 Å². The van der Waals surface area contributed by atoms with Crippen LogP contribution in [0.5, 0.6) is 0 Å². The topological polar surface area (TPSA) is 21.7 Å². The molecule has 2 fully saturated rings. The highest BCUT2D eigenvalue weighted by Crippen LogP contribution is 2.28. The molecule has 2 aliphatic rings. The Morgan fingerprint density at radius 1 is 1.43 bits per heavy atom. The Morgan fingerprint density at radius 2 is 2.07 bits per heavy atom. The van der Waals surface area contributed by atoms with Crippen molar-refractivity contribution in [3.63, 3.8) is 0 Å². The number of fused-ring (bicyclic) bond motifs is 2. The average molecular weight is 203 g/mol. The van der Waals surface area contributed by atoms with Crippen LogP contribution in [0.2, 0.25) is 0 Å². The average Bonchev–Trinajstić information content (AvgIpc) is 2.41. The Balaban J connectivity index is 1.85. The molecule has 2 aliphatic heterocycles. The SMILES string of the molecule is COC[C@@H](F)CN1C2CCC1COC2. The highest BCUT2D eigenvalue weighted by atomic mass is 19.1. The van der Waals surface area contributed by atoms with E-state index in [-0.39, 0.29) is 6.61 Å². The van der Waals surface area contributed by atoms with Crippen LogP contribution < -0.4 is 0 Å². The third-order valence-corrected chi connectivity index (χ3v) is 3.15. The van der Waals surface area contributed by atoms with Crippen LogP contribution in [-0.2, 0) is 9.47 Å². The molecule has 2 heterocycles. The van der Waals surface area contributed by atoms with Gasteiger partial charge in [-0.15, -0.1) is 0 Å². The van der Waals surface area contributed by atoms with Gasteiger partial charge in [-0.2, -0.15) is 0 Å². The zero-order valence-corrected chi connectivity index (χ0v) is 8.62. The number of halogens is 1. The van der Waals surface area contributed by atoms with Gasteiger partial charge in [0.2, 0.25) is 0 Å². The highest BCUT2D eigenvalue weighted by molar-refractivity contribution is 4.91. The zero-order valence-electron chi connectivity index (χ0n) is 8.62. The predicted molar refractivity (Wildman–Crippen MR) is 51.1 cm³/mol. The summed E-state index contributed by atoms with van der Waals surface area (Å²) in [5.41, 5.74) is 0. The molecule has 0 amide bonds. The molecule has 0 aliphatic carbocycles. The third kappa shape index (κ3) is 2.07. The monoisotopic (exact) mass is 203 g/mol. The molecule has 2 rings (SSSR count). The van der Waals surface area contributed by atoms with Gasteiger partial charge in [0, 0.05) is 25.7 Å². The molecule has 0 aromatic heterocycles. The molecule has 0 aromatic rings. The molecule has 2 unspecified atom stereocenters. The van der Waals surface area contributed by atoms with Gasteiger partial charge in [0.25, 0.3) is 0 Å². The fourth-order valence-corrected chi connectivity index (χ4v) is 2.47. The van der Waals surface area contributed by atoms with E-state index in [9.17, 15) is 4.39 Å². The van der Waals surface area contributed by atoms with Crippen molar-refractivity contribution in [2.24, 2.45) is 0 Å². The maximum absolute atomic E-state index is 13.4. The van der Waals surface area contributed by atoms with Crippen LogP contribution >= 0.6 is 0 Å². The van der Waals surface area contributed by atoms with E-state index in [0.717, 1.165) is 26.1 Å². The predicted octanol–water partition coefficient (Wildman–Crippen LogP) is 0.834. The van der Waals surface area contributed by atoms with Crippen molar-refractivity contribution in [1.29, 1.82) is 0 Å². The Kier molecular flexibility index (Phi) is 3.36. The van der Waals surface area contributed by atoms with Gasteiger partial charge in [-0.1, -0.05) is 0 Å². The van der Waals surface area contributed by atoms with Crippen molar-refractivity contribution in [3.05, 3.63) is 0 Å². The van der Waals surface area contributed by atoms with Gasteiger partial charge in [-0.3, -0.25) is 4.90 Å². The quantitative estimate of drug-likeness (QED) is 0.675. The molecule has 82 valence electrons. The first-order valence-electron chi connectivity index (χ1n) is 5.27. The highest BCUT2D eigenvalue weighted by Gasteiger charge is 2.38. The lowest BCUT2D eigenvalue weighted by Crippen LogP contribution is -2.48. The summed E-state index contributed by atoms with van der Waals surface area (Å²) >= 11 is 0. The number of ether oxygens (including phenoxy) is 2. The van der Waals surface area contributed by atoms with Gasteiger partial charge >= 0.3 is 0 Å². The minimum atomic E-state index is -0.860. The van der Waals surface area contributed by atoms with Crippen LogP contribution in [0.4, 0.5) is 4.39 Å². The standard InChI is InChI=1S/C10H18FNO2/c1-13-5-8(11)4-12-9-2-3-10(12)7-14-6-9/h8-10H,2-7H2,1H3/t8-,9?,10?/m0/s1. The van der Waals surface area contributed by atoms with Crippen molar-refractivity contribution < 1.29 is 13.9 Å². The molecular formula is C10H18FNO2. The molecular weight excluding hydrogens is 185 g/mol. The van der Waals surface area contributed by atoms with Crippen molar-refractivity contribution >= 4 is 0 Å². The van der Waals surface area contributed by atoms with Crippen LogP contribution in [0.25, 0.3) is 0 Å². The lowest BCUT2D eigenvalue weighted by Gasteiger charge is -2.35. The summed E-state index contributed by atoms with van der Waals surface area (Å²) in [5.74, 6) is 0. The minimum Gasteiger partial charge on any atom is -0.382 e. The van der Waals surface area contributed by atoms with Crippen LogP contribution in [0.1, 0.15) is 12.8 Å².